The second-order valence-corrected chi connectivity index (χ2v) is 21.3. The van der Waals surface area contributed by atoms with Crippen LogP contribution in [0.2, 0.25) is 0 Å². The second-order valence-electron chi connectivity index (χ2n) is 21.3. The Bertz CT molecular complexity index is 4590. The van der Waals surface area contributed by atoms with Gasteiger partial charge in [0.2, 0.25) is 11.9 Å². The normalized spacial score (nSPS) is 14.1. The van der Waals surface area contributed by atoms with E-state index in [1.54, 1.807) is 0 Å². The summed E-state index contributed by atoms with van der Waals surface area (Å²) in [5.74, 6) is 3.19. The molecule has 0 spiro atoms. The number of hydrogen-bond acceptors (Lipinski definition) is 6. The summed E-state index contributed by atoms with van der Waals surface area (Å²) in [4.78, 5) is 32.0. The van der Waals surface area contributed by atoms with Gasteiger partial charge in [-0.3, -0.25) is 9.13 Å². The molecule has 4 aromatic heterocycles. The molecule has 0 saturated heterocycles. The van der Waals surface area contributed by atoms with Gasteiger partial charge in [-0.2, -0.15) is 19.9 Å². The monoisotopic (exact) mass is 1050 g/mol. The summed E-state index contributed by atoms with van der Waals surface area (Å²) in [5.41, 5.74) is 20.2. The third kappa shape index (κ3) is 6.98. The highest BCUT2D eigenvalue weighted by Gasteiger charge is 2.43. The van der Waals surface area contributed by atoms with Gasteiger partial charge in [0, 0.05) is 55.6 Å². The molecule has 11 aromatic carbocycles. The van der Waals surface area contributed by atoms with E-state index in [1.807, 2.05) is 72.8 Å². The Morgan fingerprint density at radius 1 is 0.232 bits per heavy atom. The summed E-state index contributed by atoms with van der Waals surface area (Å²) in [6, 6.07) is 94.8. The van der Waals surface area contributed by atoms with Crippen LogP contribution in [0.5, 0.6) is 0 Å². The van der Waals surface area contributed by atoms with Crippen molar-refractivity contribution in [2.24, 2.45) is 0 Å². The van der Waals surface area contributed by atoms with Crippen LogP contribution in [0.25, 0.3) is 123 Å². The third-order valence-electron chi connectivity index (χ3n) is 16.8. The van der Waals surface area contributed by atoms with Crippen LogP contribution >= 0.6 is 0 Å². The molecule has 2 aliphatic rings. The molecule has 0 N–H and O–H groups in total. The largest absolute Gasteiger partial charge is 0.277 e. The Morgan fingerprint density at radius 3 is 0.854 bits per heavy atom. The number of hydrogen-bond donors (Lipinski definition) is 0. The minimum Gasteiger partial charge on any atom is -0.277 e. The molecule has 0 radical (unpaired) electrons. The molecular formula is C74H46N8. The van der Waals surface area contributed by atoms with Gasteiger partial charge in [0.05, 0.1) is 22.1 Å². The first-order valence-corrected chi connectivity index (χ1v) is 27.9. The lowest BCUT2D eigenvalue weighted by Gasteiger charge is -2.23. The molecule has 2 atom stereocenters. The van der Waals surface area contributed by atoms with Crippen molar-refractivity contribution >= 4 is 43.6 Å². The van der Waals surface area contributed by atoms with Gasteiger partial charge in [0.15, 0.2) is 23.3 Å². The van der Waals surface area contributed by atoms with E-state index in [9.17, 15) is 0 Å². The Morgan fingerprint density at radius 2 is 0.512 bits per heavy atom. The van der Waals surface area contributed by atoms with Crippen LogP contribution in [0, 0.1) is 0 Å². The summed E-state index contributed by atoms with van der Waals surface area (Å²) in [7, 11) is 0. The summed E-state index contributed by atoms with van der Waals surface area (Å²) in [5, 5.41) is 4.54. The molecule has 0 amide bonds. The maximum atomic E-state index is 5.43. The van der Waals surface area contributed by atoms with Crippen molar-refractivity contribution < 1.29 is 0 Å². The first-order chi connectivity index (χ1) is 40.7. The Kier molecular flexibility index (Phi) is 10.3. The minimum atomic E-state index is -0.191. The van der Waals surface area contributed by atoms with Crippen LogP contribution < -0.4 is 0 Å². The van der Waals surface area contributed by atoms with Crippen LogP contribution in [-0.2, 0) is 0 Å². The van der Waals surface area contributed by atoms with Gasteiger partial charge in [-0.05, 0) is 67.8 Å². The molecule has 382 valence electrons. The molecule has 0 bridgehead atoms. The van der Waals surface area contributed by atoms with E-state index in [2.05, 4.69) is 203 Å². The molecule has 0 saturated carbocycles. The van der Waals surface area contributed by atoms with Gasteiger partial charge in [0.25, 0.3) is 0 Å². The zero-order valence-electron chi connectivity index (χ0n) is 44.1. The fourth-order valence-corrected chi connectivity index (χ4v) is 13.4. The van der Waals surface area contributed by atoms with E-state index < -0.39 is 0 Å². The van der Waals surface area contributed by atoms with E-state index in [4.69, 9.17) is 29.9 Å². The van der Waals surface area contributed by atoms with Gasteiger partial charge >= 0.3 is 0 Å². The summed E-state index contributed by atoms with van der Waals surface area (Å²) in [6.45, 7) is 0. The topological polar surface area (TPSA) is 87.2 Å². The second kappa shape index (κ2) is 18.3. The molecule has 15 aromatic rings. The molecule has 0 fully saturated rings. The van der Waals surface area contributed by atoms with E-state index in [0.717, 1.165) is 65.9 Å². The van der Waals surface area contributed by atoms with Crippen molar-refractivity contribution in [1.29, 1.82) is 0 Å². The summed E-state index contributed by atoms with van der Waals surface area (Å²) < 4.78 is 4.64. The zero-order valence-corrected chi connectivity index (χ0v) is 44.1. The average molecular weight is 1050 g/mol. The quantitative estimate of drug-likeness (QED) is 0.151. The van der Waals surface area contributed by atoms with Gasteiger partial charge in [-0.1, -0.05) is 255 Å². The fourth-order valence-electron chi connectivity index (χ4n) is 13.4. The van der Waals surface area contributed by atoms with Crippen molar-refractivity contribution in [1.82, 2.24) is 39.0 Å². The predicted octanol–water partition coefficient (Wildman–Crippen LogP) is 17.2. The highest BCUT2D eigenvalue weighted by molar-refractivity contribution is 6.15. The third-order valence-corrected chi connectivity index (χ3v) is 16.8. The molecule has 8 nitrogen and oxygen atoms in total. The molecule has 17 rings (SSSR count). The maximum Gasteiger partial charge on any atom is 0.238 e. The van der Waals surface area contributed by atoms with Crippen LogP contribution in [0.3, 0.4) is 0 Å². The van der Waals surface area contributed by atoms with E-state index in [1.165, 1.54) is 55.6 Å². The molecule has 0 aliphatic heterocycles. The van der Waals surface area contributed by atoms with Gasteiger partial charge in [-0.25, -0.2) is 9.97 Å². The number of rotatable bonds is 8. The minimum absolute atomic E-state index is 0.191. The molecular weight excluding hydrogens is 1000 g/mol. The van der Waals surface area contributed by atoms with Gasteiger partial charge in [-0.15, -0.1) is 0 Å². The number of fused-ring (bicyclic) bond motifs is 15. The lowest BCUT2D eigenvalue weighted by Crippen LogP contribution is -2.11. The van der Waals surface area contributed by atoms with E-state index >= 15 is 0 Å². The maximum absolute atomic E-state index is 5.43. The number of benzene rings is 11. The van der Waals surface area contributed by atoms with Crippen molar-refractivity contribution in [2.45, 2.75) is 11.8 Å². The van der Waals surface area contributed by atoms with Crippen LogP contribution in [0.15, 0.2) is 267 Å². The number of aromatic nitrogens is 8. The lowest BCUT2D eigenvalue weighted by atomic mass is 9.80. The summed E-state index contributed by atoms with van der Waals surface area (Å²) in [6.07, 6.45) is 0. The Labute approximate surface area is 472 Å². The van der Waals surface area contributed by atoms with Crippen molar-refractivity contribution in [3.63, 3.8) is 0 Å². The SMILES string of the molecule is c1ccc(-c2nc(-c3ccccc3)nc(-n3c4ccccc4c4ccc5c(c43)C(c3ccccc3)c3c-5ccc4c3C(c3ccccc3)c3c-4ccc4c5ccccc5n(-c5nc(-c6ccccc6)nc(-c6ccccc6)n5)c34)n2)cc1. The van der Waals surface area contributed by atoms with E-state index in [0.29, 0.717) is 35.2 Å². The van der Waals surface area contributed by atoms with E-state index in [-0.39, 0.29) is 11.8 Å². The number of para-hydroxylation sites is 2. The van der Waals surface area contributed by atoms with Crippen LogP contribution in [0.1, 0.15) is 45.2 Å². The van der Waals surface area contributed by atoms with Crippen LogP contribution in [-0.4, -0.2) is 39.0 Å². The molecule has 2 aliphatic carbocycles. The van der Waals surface area contributed by atoms with Crippen molar-refractivity contribution in [2.75, 3.05) is 0 Å². The fraction of sp³-hybridized carbons (Fsp3) is 0.0270. The number of nitrogens with zero attached hydrogens (tertiary/aromatic N) is 8. The van der Waals surface area contributed by atoms with Crippen LogP contribution in [0.4, 0.5) is 0 Å². The molecule has 8 heteroatoms. The zero-order chi connectivity index (χ0) is 53.8. The first kappa shape index (κ1) is 46.0. The van der Waals surface area contributed by atoms with Crippen molar-refractivity contribution in [3.8, 4) is 79.7 Å². The Balaban J connectivity index is 0.958. The predicted molar refractivity (Wildman–Crippen MR) is 329 cm³/mol. The summed E-state index contributed by atoms with van der Waals surface area (Å²) >= 11 is 0. The average Bonchev–Trinajstić information content (AvgIpc) is 4.49. The molecule has 2 unspecified atom stereocenters. The first-order valence-electron chi connectivity index (χ1n) is 27.9. The standard InChI is InChI=1S/C74H46N8/c1-7-23-45(24-8-1)61-63-53(55-41-43-57-51-35-19-21-37-59(51)81(67(57)65(55)61)73-77-69(47-27-11-3-12-28-47)75-70(78-73)48-29-13-4-14-30-48)39-40-54-56-42-44-58-52-36-20-22-38-60(52)82(68(58)66(56)62(64(54)63)46-25-9-2-10-26-46)74-79-71(49-31-15-5-16-32-49)76-72(80-74)50-33-17-6-18-34-50/h1-44,61-62H. The van der Waals surface area contributed by atoms with Gasteiger partial charge in [0.1, 0.15) is 0 Å². The van der Waals surface area contributed by atoms with Gasteiger partial charge < -0.3 is 0 Å². The molecule has 4 heterocycles. The van der Waals surface area contributed by atoms with Crippen molar-refractivity contribution in [3.05, 3.63) is 300 Å². The lowest BCUT2D eigenvalue weighted by molar-refractivity contribution is 0.918. The smallest absolute Gasteiger partial charge is 0.238 e. The highest BCUT2D eigenvalue weighted by atomic mass is 15.2. The molecule has 82 heavy (non-hydrogen) atoms. The highest BCUT2D eigenvalue weighted by Crippen LogP contribution is 2.61. The Hall–Kier alpha value is -11.0.